The van der Waals surface area contributed by atoms with E-state index in [0.717, 1.165) is 56.1 Å². The number of amides is 1. The van der Waals surface area contributed by atoms with E-state index in [-0.39, 0.29) is 23.5 Å². The Morgan fingerprint density at radius 2 is 1.70 bits per heavy atom. The topological polar surface area (TPSA) is 75.5 Å². The maximum absolute atomic E-state index is 12.7. The number of sulfone groups is 1. The van der Waals surface area contributed by atoms with Crippen LogP contribution in [0.2, 0.25) is 0 Å². The highest BCUT2D eigenvalue weighted by atomic mass is 32.2. The summed E-state index contributed by atoms with van der Waals surface area (Å²) < 4.78 is 25.6. The summed E-state index contributed by atoms with van der Waals surface area (Å²) in [6.07, 6.45) is 5.12. The minimum atomic E-state index is -2.93. The van der Waals surface area contributed by atoms with E-state index < -0.39 is 9.84 Å². The minimum absolute atomic E-state index is 0.0484. The Morgan fingerprint density at radius 3 is 2.30 bits per heavy atom. The van der Waals surface area contributed by atoms with Gasteiger partial charge < -0.3 is 9.80 Å². The summed E-state index contributed by atoms with van der Waals surface area (Å²) >= 11 is 0. The van der Waals surface area contributed by atoms with Gasteiger partial charge in [-0.15, -0.1) is 0 Å². The number of carbonyl (C=O) groups excluding carboxylic acids is 1. The Balaban J connectivity index is 1.45. The van der Waals surface area contributed by atoms with Crippen molar-refractivity contribution < 1.29 is 13.2 Å². The van der Waals surface area contributed by atoms with E-state index in [2.05, 4.69) is 10.00 Å². The maximum atomic E-state index is 12.7. The van der Waals surface area contributed by atoms with Crippen LogP contribution >= 0.6 is 0 Å². The van der Waals surface area contributed by atoms with Crippen LogP contribution in [0.4, 0.5) is 5.69 Å². The van der Waals surface area contributed by atoms with Crippen molar-refractivity contribution in [2.75, 3.05) is 42.6 Å². The third kappa shape index (κ3) is 3.60. The largest absolute Gasteiger partial charge is 0.365 e. The molecule has 0 radical (unpaired) electrons. The molecule has 1 aliphatic carbocycles. The van der Waals surface area contributed by atoms with Crippen LogP contribution in [-0.2, 0) is 14.6 Å². The second-order valence-electron chi connectivity index (χ2n) is 8.31. The molecule has 7 nitrogen and oxygen atoms in total. The van der Waals surface area contributed by atoms with Gasteiger partial charge >= 0.3 is 0 Å². The number of piperazine rings is 1. The van der Waals surface area contributed by atoms with Crippen LogP contribution in [0.25, 0.3) is 0 Å². The quantitative estimate of drug-likeness (QED) is 0.780. The molecule has 2 saturated heterocycles. The second-order valence-corrected chi connectivity index (χ2v) is 10.5. The highest BCUT2D eigenvalue weighted by Crippen LogP contribution is 2.32. The normalized spacial score (nSPS) is 26.1. The van der Waals surface area contributed by atoms with Gasteiger partial charge in [0.15, 0.2) is 9.84 Å². The average Bonchev–Trinajstić information content (AvgIpc) is 3.35. The summed E-state index contributed by atoms with van der Waals surface area (Å²) in [7, 11) is -2.93. The van der Waals surface area contributed by atoms with Crippen LogP contribution in [0.5, 0.6) is 0 Å². The summed E-state index contributed by atoms with van der Waals surface area (Å²) in [4.78, 5) is 17.0. The van der Waals surface area contributed by atoms with E-state index >= 15 is 0 Å². The first-order valence-electron chi connectivity index (χ1n) is 10.2. The highest BCUT2D eigenvalue weighted by Gasteiger charge is 2.34. The van der Waals surface area contributed by atoms with E-state index in [0.29, 0.717) is 12.3 Å². The molecular formula is C19H30N4O3S. The standard InChI is InChI=1S/C19H30N4O3S/c1-14-18(15(2)23(20-14)17-7-12-27(25,26)13-17)21-8-10-22(11-9-21)19(24)16-5-3-4-6-16/h16-17H,3-13H2,1-2H3. The molecule has 0 spiro atoms. The number of anilines is 1. The number of hydrogen-bond donors (Lipinski definition) is 0. The number of carbonyl (C=O) groups is 1. The van der Waals surface area contributed by atoms with Gasteiger partial charge in [0.25, 0.3) is 0 Å². The molecule has 0 N–H and O–H groups in total. The molecule has 3 aliphatic rings. The fourth-order valence-corrected chi connectivity index (χ4v) is 6.71. The van der Waals surface area contributed by atoms with Crippen LogP contribution < -0.4 is 4.90 Å². The summed E-state index contributed by atoms with van der Waals surface area (Å²) in [5.41, 5.74) is 3.12. The Bertz CT molecular complexity index is 818. The zero-order chi connectivity index (χ0) is 19.2. The van der Waals surface area contributed by atoms with Gasteiger partial charge in [-0.05, 0) is 33.1 Å². The molecular weight excluding hydrogens is 364 g/mol. The second kappa shape index (κ2) is 7.11. The molecule has 1 unspecified atom stereocenters. The molecule has 3 heterocycles. The monoisotopic (exact) mass is 394 g/mol. The van der Waals surface area contributed by atoms with Gasteiger partial charge in [-0.1, -0.05) is 12.8 Å². The van der Waals surface area contributed by atoms with Crippen LogP contribution in [0.15, 0.2) is 0 Å². The van der Waals surface area contributed by atoms with Gasteiger partial charge in [-0.25, -0.2) is 8.42 Å². The fraction of sp³-hybridized carbons (Fsp3) is 0.789. The van der Waals surface area contributed by atoms with Gasteiger partial charge in [0.05, 0.1) is 34.6 Å². The number of nitrogens with zero attached hydrogens (tertiary/aromatic N) is 4. The lowest BCUT2D eigenvalue weighted by Crippen LogP contribution is -2.50. The van der Waals surface area contributed by atoms with E-state index in [1.807, 2.05) is 23.4 Å². The Labute approximate surface area is 161 Å². The molecule has 8 heteroatoms. The molecule has 1 aromatic heterocycles. The van der Waals surface area contributed by atoms with Crippen LogP contribution in [0.1, 0.15) is 49.5 Å². The molecule has 1 amide bonds. The van der Waals surface area contributed by atoms with E-state index in [1.165, 1.54) is 12.8 Å². The third-order valence-electron chi connectivity index (χ3n) is 6.45. The lowest BCUT2D eigenvalue weighted by Gasteiger charge is -2.37. The van der Waals surface area contributed by atoms with Crippen molar-refractivity contribution in [3.8, 4) is 0 Å². The molecule has 0 bridgehead atoms. The molecule has 4 rings (SSSR count). The van der Waals surface area contributed by atoms with Crippen LogP contribution in [-0.4, -0.2) is 66.7 Å². The maximum Gasteiger partial charge on any atom is 0.225 e. The third-order valence-corrected chi connectivity index (χ3v) is 8.20. The smallest absolute Gasteiger partial charge is 0.225 e. The molecule has 150 valence electrons. The van der Waals surface area contributed by atoms with E-state index in [4.69, 9.17) is 0 Å². The van der Waals surface area contributed by atoms with Crippen molar-refractivity contribution in [3.63, 3.8) is 0 Å². The molecule has 3 fully saturated rings. The minimum Gasteiger partial charge on any atom is -0.365 e. The highest BCUT2D eigenvalue weighted by molar-refractivity contribution is 7.91. The molecule has 2 aliphatic heterocycles. The molecule has 1 saturated carbocycles. The first kappa shape index (κ1) is 18.8. The van der Waals surface area contributed by atoms with Crippen LogP contribution in [0.3, 0.4) is 0 Å². The van der Waals surface area contributed by atoms with Gasteiger partial charge in [-0.3, -0.25) is 9.48 Å². The molecule has 1 aromatic rings. The molecule has 0 aromatic carbocycles. The van der Waals surface area contributed by atoms with Gasteiger partial charge in [-0.2, -0.15) is 5.10 Å². The van der Waals surface area contributed by atoms with Gasteiger partial charge in [0, 0.05) is 32.1 Å². The Morgan fingerprint density at radius 1 is 1.04 bits per heavy atom. The summed E-state index contributed by atoms with van der Waals surface area (Å²) in [6, 6.07) is -0.0484. The lowest BCUT2D eigenvalue weighted by molar-refractivity contribution is -0.135. The van der Waals surface area contributed by atoms with Crippen molar-refractivity contribution in [2.24, 2.45) is 5.92 Å². The van der Waals surface area contributed by atoms with E-state index in [9.17, 15) is 13.2 Å². The molecule has 27 heavy (non-hydrogen) atoms. The number of aromatic nitrogens is 2. The predicted octanol–water partition coefficient (Wildman–Crippen LogP) is 1.70. The van der Waals surface area contributed by atoms with Crippen molar-refractivity contribution in [2.45, 2.75) is 52.0 Å². The van der Waals surface area contributed by atoms with Crippen molar-refractivity contribution >= 4 is 21.4 Å². The number of rotatable bonds is 3. The summed E-state index contributed by atoms with van der Waals surface area (Å²) in [5.74, 6) is 1.03. The number of hydrogen-bond acceptors (Lipinski definition) is 5. The number of aryl methyl sites for hydroxylation is 1. The zero-order valence-electron chi connectivity index (χ0n) is 16.4. The Hall–Kier alpha value is -1.57. The van der Waals surface area contributed by atoms with E-state index in [1.54, 1.807) is 0 Å². The Kier molecular flexibility index (Phi) is 4.94. The first-order chi connectivity index (χ1) is 12.9. The summed E-state index contributed by atoms with van der Waals surface area (Å²) in [5, 5.41) is 4.68. The molecule has 1 atom stereocenters. The van der Waals surface area contributed by atoms with Crippen molar-refractivity contribution in [1.29, 1.82) is 0 Å². The van der Waals surface area contributed by atoms with Gasteiger partial charge in [0.2, 0.25) is 5.91 Å². The fourth-order valence-electron chi connectivity index (χ4n) is 5.02. The van der Waals surface area contributed by atoms with Gasteiger partial charge in [0.1, 0.15) is 0 Å². The summed E-state index contributed by atoms with van der Waals surface area (Å²) in [6.45, 7) is 7.19. The van der Waals surface area contributed by atoms with Crippen molar-refractivity contribution in [3.05, 3.63) is 11.4 Å². The average molecular weight is 395 g/mol. The predicted molar refractivity (Wildman–Crippen MR) is 105 cm³/mol. The lowest BCUT2D eigenvalue weighted by atomic mass is 10.1. The first-order valence-corrected chi connectivity index (χ1v) is 12.0. The SMILES string of the molecule is Cc1nn(C2CCS(=O)(=O)C2)c(C)c1N1CCN(C(=O)C2CCCC2)CC1. The van der Waals surface area contributed by atoms with Crippen LogP contribution in [0, 0.1) is 19.8 Å². The zero-order valence-corrected chi connectivity index (χ0v) is 17.2. The van der Waals surface area contributed by atoms with Crippen molar-refractivity contribution in [1.82, 2.24) is 14.7 Å².